The molecule has 0 aliphatic heterocycles. The third-order valence-electron chi connectivity index (χ3n) is 1.83. The lowest BCUT2D eigenvalue weighted by Crippen LogP contribution is -1.98. The molecule has 0 saturated heterocycles. The van der Waals surface area contributed by atoms with Crippen LogP contribution in [0.15, 0.2) is 12.1 Å². The highest BCUT2D eigenvalue weighted by Crippen LogP contribution is 2.36. The summed E-state index contributed by atoms with van der Waals surface area (Å²) >= 11 is 5.90. The minimum atomic E-state index is -3.62. The van der Waals surface area contributed by atoms with E-state index in [-0.39, 0.29) is 10.8 Å². The predicted octanol–water partition coefficient (Wildman–Crippen LogP) is 2.43. The van der Waals surface area contributed by atoms with Gasteiger partial charge in [0.15, 0.2) is 11.5 Å². The molecule has 0 amide bonds. The van der Waals surface area contributed by atoms with E-state index in [4.69, 9.17) is 31.8 Å². The molecule has 0 aliphatic rings. The molecule has 7 heteroatoms. The van der Waals surface area contributed by atoms with Crippen LogP contribution >= 0.6 is 22.3 Å². The van der Waals surface area contributed by atoms with E-state index < -0.39 is 9.05 Å². The van der Waals surface area contributed by atoms with Gasteiger partial charge in [-0.25, -0.2) is 8.42 Å². The Labute approximate surface area is 103 Å². The predicted molar refractivity (Wildman–Crippen MR) is 63.0 cm³/mol. The lowest BCUT2D eigenvalue weighted by Gasteiger charge is -2.10. The maximum absolute atomic E-state index is 10.9. The third kappa shape index (κ3) is 3.43. The highest BCUT2D eigenvalue weighted by atomic mass is 35.7. The van der Waals surface area contributed by atoms with Gasteiger partial charge in [-0.05, 0) is 17.7 Å². The van der Waals surface area contributed by atoms with Crippen molar-refractivity contribution in [3.05, 3.63) is 22.7 Å². The molecule has 0 saturated carbocycles. The zero-order valence-corrected chi connectivity index (χ0v) is 11.0. The Kier molecular flexibility index (Phi) is 4.29. The van der Waals surface area contributed by atoms with Gasteiger partial charge in [0, 0.05) is 10.7 Å². The first kappa shape index (κ1) is 13.4. The van der Waals surface area contributed by atoms with Gasteiger partial charge in [0.2, 0.25) is 9.05 Å². The molecule has 1 rings (SSSR count). The summed E-state index contributed by atoms with van der Waals surface area (Å²) in [6.07, 6.45) is 0. The number of ether oxygens (including phenoxy) is 2. The van der Waals surface area contributed by atoms with E-state index in [9.17, 15) is 8.42 Å². The van der Waals surface area contributed by atoms with E-state index in [0.717, 1.165) is 0 Å². The Hall–Kier alpha value is -0.650. The van der Waals surface area contributed by atoms with E-state index in [1.165, 1.54) is 26.4 Å². The minimum Gasteiger partial charge on any atom is -0.493 e. The standard InChI is InChI=1S/C9H10Cl2O4S/c1-14-8-4-6(5-16(11,12)13)3-7(10)9(8)15-2/h3-4H,5H2,1-2H3. The number of benzene rings is 1. The molecule has 0 unspecified atom stereocenters. The second kappa shape index (κ2) is 5.12. The Morgan fingerprint density at radius 2 is 1.88 bits per heavy atom. The van der Waals surface area contributed by atoms with E-state index >= 15 is 0 Å². The van der Waals surface area contributed by atoms with Crippen molar-refractivity contribution >= 4 is 31.3 Å². The van der Waals surface area contributed by atoms with E-state index in [1.807, 2.05) is 0 Å². The summed E-state index contributed by atoms with van der Waals surface area (Å²) < 4.78 is 31.9. The van der Waals surface area contributed by atoms with Crippen LogP contribution in [0.2, 0.25) is 5.02 Å². The topological polar surface area (TPSA) is 52.6 Å². The van der Waals surface area contributed by atoms with Crippen molar-refractivity contribution in [1.82, 2.24) is 0 Å². The molecule has 16 heavy (non-hydrogen) atoms. The summed E-state index contributed by atoms with van der Waals surface area (Å²) in [5, 5.41) is 0.275. The molecule has 0 atom stereocenters. The minimum absolute atomic E-state index is 0.275. The monoisotopic (exact) mass is 284 g/mol. The van der Waals surface area contributed by atoms with E-state index in [2.05, 4.69) is 0 Å². The summed E-state index contributed by atoms with van der Waals surface area (Å²) in [5.41, 5.74) is 0.442. The molecule has 0 spiro atoms. The molecular formula is C9H10Cl2O4S. The van der Waals surface area contributed by atoms with Crippen molar-refractivity contribution in [2.45, 2.75) is 5.75 Å². The largest absolute Gasteiger partial charge is 0.493 e. The van der Waals surface area contributed by atoms with E-state index in [1.54, 1.807) is 0 Å². The number of hydrogen-bond acceptors (Lipinski definition) is 4. The molecule has 0 fully saturated rings. The summed E-state index contributed by atoms with van der Waals surface area (Å²) in [7, 11) is 4.41. The molecule has 1 aromatic carbocycles. The quantitative estimate of drug-likeness (QED) is 0.797. The molecule has 0 N–H and O–H groups in total. The van der Waals surface area contributed by atoms with Gasteiger partial charge >= 0.3 is 0 Å². The van der Waals surface area contributed by atoms with Gasteiger partial charge in [-0.15, -0.1) is 0 Å². The normalized spacial score (nSPS) is 11.2. The molecule has 0 bridgehead atoms. The SMILES string of the molecule is COc1cc(CS(=O)(=O)Cl)cc(Cl)c1OC. The molecule has 0 radical (unpaired) electrons. The fraction of sp³-hybridized carbons (Fsp3) is 0.333. The Balaban J connectivity index is 3.20. The number of hydrogen-bond donors (Lipinski definition) is 0. The lowest BCUT2D eigenvalue weighted by atomic mass is 10.2. The van der Waals surface area contributed by atoms with Gasteiger partial charge < -0.3 is 9.47 Å². The first-order valence-corrected chi connectivity index (χ1v) is 7.05. The maximum atomic E-state index is 10.9. The maximum Gasteiger partial charge on any atom is 0.236 e. The van der Waals surface area contributed by atoms with Crippen LogP contribution in [0.5, 0.6) is 11.5 Å². The molecular weight excluding hydrogens is 275 g/mol. The van der Waals surface area contributed by atoms with Crippen molar-refractivity contribution in [3.63, 3.8) is 0 Å². The summed E-state index contributed by atoms with van der Waals surface area (Å²) in [5.74, 6) is 0.416. The highest BCUT2D eigenvalue weighted by molar-refractivity contribution is 8.13. The number of rotatable bonds is 4. The summed E-state index contributed by atoms with van der Waals surface area (Å²) in [6, 6.07) is 2.99. The van der Waals surface area contributed by atoms with Crippen LogP contribution in [-0.2, 0) is 14.8 Å². The Morgan fingerprint density at radius 1 is 1.25 bits per heavy atom. The molecule has 90 valence electrons. The molecule has 0 aromatic heterocycles. The first-order chi connectivity index (χ1) is 7.37. The molecule has 4 nitrogen and oxygen atoms in total. The molecule has 0 heterocycles. The van der Waals surface area contributed by atoms with Gasteiger partial charge in [0.05, 0.1) is 25.0 Å². The van der Waals surface area contributed by atoms with Crippen LogP contribution in [0.1, 0.15) is 5.56 Å². The van der Waals surface area contributed by atoms with Gasteiger partial charge in [-0.2, -0.15) is 0 Å². The molecule has 1 aromatic rings. The van der Waals surface area contributed by atoms with Gasteiger partial charge in [0.1, 0.15) is 0 Å². The molecule has 0 aliphatic carbocycles. The van der Waals surface area contributed by atoms with Crippen molar-refractivity contribution in [3.8, 4) is 11.5 Å². The zero-order chi connectivity index (χ0) is 12.3. The third-order valence-corrected chi connectivity index (χ3v) is 3.12. The van der Waals surface area contributed by atoms with Crippen LogP contribution in [0.4, 0.5) is 0 Å². The average molecular weight is 285 g/mol. The summed E-state index contributed by atoms with van der Waals surface area (Å²) in [6.45, 7) is 0. The summed E-state index contributed by atoms with van der Waals surface area (Å²) in [4.78, 5) is 0. The fourth-order valence-corrected chi connectivity index (χ4v) is 2.51. The second-order valence-corrected chi connectivity index (χ2v) is 6.18. The highest BCUT2D eigenvalue weighted by Gasteiger charge is 2.14. The van der Waals surface area contributed by atoms with Gasteiger partial charge in [-0.3, -0.25) is 0 Å². The Morgan fingerprint density at radius 3 is 2.31 bits per heavy atom. The van der Waals surface area contributed by atoms with Gasteiger partial charge in [-0.1, -0.05) is 11.6 Å². The van der Waals surface area contributed by atoms with Crippen molar-refractivity contribution in [2.75, 3.05) is 14.2 Å². The van der Waals surface area contributed by atoms with Crippen LogP contribution in [0.3, 0.4) is 0 Å². The number of methoxy groups -OCH3 is 2. The Bertz CT molecular complexity index is 485. The van der Waals surface area contributed by atoms with Crippen molar-refractivity contribution < 1.29 is 17.9 Å². The smallest absolute Gasteiger partial charge is 0.236 e. The fourth-order valence-electron chi connectivity index (χ4n) is 1.25. The van der Waals surface area contributed by atoms with Crippen LogP contribution in [0, 0.1) is 0 Å². The average Bonchev–Trinajstić information content (AvgIpc) is 2.14. The van der Waals surface area contributed by atoms with Crippen molar-refractivity contribution in [1.29, 1.82) is 0 Å². The van der Waals surface area contributed by atoms with Gasteiger partial charge in [0.25, 0.3) is 0 Å². The van der Waals surface area contributed by atoms with Crippen LogP contribution in [-0.4, -0.2) is 22.6 Å². The first-order valence-electron chi connectivity index (χ1n) is 4.20. The second-order valence-electron chi connectivity index (χ2n) is 3.00. The van der Waals surface area contributed by atoms with Crippen LogP contribution in [0.25, 0.3) is 0 Å². The number of halogens is 2. The van der Waals surface area contributed by atoms with Crippen molar-refractivity contribution in [2.24, 2.45) is 0 Å². The lowest BCUT2D eigenvalue weighted by molar-refractivity contribution is 0.355. The van der Waals surface area contributed by atoms with Crippen LogP contribution < -0.4 is 9.47 Å². The van der Waals surface area contributed by atoms with E-state index in [0.29, 0.717) is 17.1 Å². The zero-order valence-electron chi connectivity index (χ0n) is 8.66.